The largest absolute Gasteiger partial charge is 0.382 e. The third-order valence-electron chi connectivity index (χ3n) is 3.97. The van der Waals surface area contributed by atoms with Gasteiger partial charge in [-0.2, -0.15) is 0 Å². The second-order valence-corrected chi connectivity index (χ2v) is 5.39. The molecule has 1 aliphatic rings. The lowest BCUT2D eigenvalue weighted by Crippen LogP contribution is -2.33. The molecule has 3 rings (SSSR count). The number of anilines is 2. The summed E-state index contributed by atoms with van der Waals surface area (Å²) in [6, 6.07) is 11.4. The zero-order valence-electron chi connectivity index (χ0n) is 11.9. The average molecular weight is 270 g/mol. The lowest BCUT2D eigenvalue weighted by Gasteiger charge is -2.33. The first-order valence-electron chi connectivity index (χ1n) is 6.98. The molecule has 1 N–H and O–H groups in total. The van der Waals surface area contributed by atoms with Crippen LogP contribution in [-0.4, -0.2) is 13.1 Å². The molecule has 2 nitrogen and oxygen atoms in total. The van der Waals surface area contributed by atoms with Gasteiger partial charge in [0.1, 0.15) is 5.82 Å². The molecule has 3 heteroatoms. The van der Waals surface area contributed by atoms with E-state index in [1.165, 1.54) is 22.9 Å². The van der Waals surface area contributed by atoms with E-state index in [0.717, 1.165) is 24.3 Å². The van der Waals surface area contributed by atoms with Crippen LogP contribution >= 0.6 is 0 Å². The fourth-order valence-corrected chi connectivity index (χ4v) is 2.65. The summed E-state index contributed by atoms with van der Waals surface area (Å²) in [6.07, 6.45) is 0. The van der Waals surface area contributed by atoms with Gasteiger partial charge in [0.05, 0.1) is 11.4 Å². The number of hydrogen-bond donors (Lipinski definition) is 1. The second-order valence-electron chi connectivity index (χ2n) is 5.39. The molecule has 0 saturated carbocycles. The van der Waals surface area contributed by atoms with E-state index in [-0.39, 0.29) is 5.82 Å². The molecule has 0 spiro atoms. The van der Waals surface area contributed by atoms with E-state index in [0.29, 0.717) is 6.54 Å². The molecule has 0 saturated heterocycles. The molecule has 20 heavy (non-hydrogen) atoms. The van der Waals surface area contributed by atoms with Gasteiger partial charge in [-0.05, 0) is 43.2 Å². The van der Waals surface area contributed by atoms with Crippen LogP contribution in [0.3, 0.4) is 0 Å². The first kappa shape index (κ1) is 13.0. The molecular weight excluding hydrogens is 251 g/mol. The number of benzene rings is 2. The topological polar surface area (TPSA) is 15.3 Å². The fraction of sp³-hybridized carbons (Fsp3) is 0.294. The van der Waals surface area contributed by atoms with Crippen molar-refractivity contribution in [2.75, 3.05) is 23.3 Å². The van der Waals surface area contributed by atoms with E-state index in [2.05, 4.69) is 36.2 Å². The number of halogens is 1. The summed E-state index contributed by atoms with van der Waals surface area (Å²) in [6.45, 7) is 6.64. The molecule has 0 radical (unpaired) electrons. The van der Waals surface area contributed by atoms with Crippen LogP contribution in [0.5, 0.6) is 0 Å². The number of rotatable bonds is 2. The van der Waals surface area contributed by atoms with Gasteiger partial charge in [-0.25, -0.2) is 4.39 Å². The van der Waals surface area contributed by atoms with E-state index < -0.39 is 0 Å². The number of fused-ring (bicyclic) bond motifs is 1. The van der Waals surface area contributed by atoms with Crippen molar-refractivity contribution < 1.29 is 4.39 Å². The molecule has 0 unspecified atom stereocenters. The van der Waals surface area contributed by atoms with Crippen molar-refractivity contribution in [3.63, 3.8) is 0 Å². The third kappa shape index (κ3) is 2.36. The summed E-state index contributed by atoms with van der Waals surface area (Å²) in [4.78, 5) is 2.25. The fourth-order valence-electron chi connectivity index (χ4n) is 2.65. The summed E-state index contributed by atoms with van der Waals surface area (Å²) in [7, 11) is 0. The van der Waals surface area contributed by atoms with E-state index in [9.17, 15) is 4.39 Å². The van der Waals surface area contributed by atoms with Gasteiger partial charge in [0.25, 0.3) is 0 Å². The van der Waals surface area contributed by atoms with Gasteiger partial charge in [-0.15, -0.1) is 0 Å². The van der Waals surface area contributed by atoms with Gasteiger partial charge >= 0.3 is 0 Å². The second kappa shape index (κ2) is 5.16. The summed E-state index contributed by atoms with van der Waals surface area (Å²) < 4.78 is 13.8. The van der Waals surface area contributed by atoms with Crippen LogP contribution in [0.2, 0.25) is 0 Å². The molecule has 0 aromatic heterocycles. The third-order valence-corrected chi connectivity index (χ3v) is 3.97. The van der Waals surface area contributed by atoms with E-state index in [1.54, 1.807) is 6.07 Å². The Kier molecular flexibility index (Phi) is 3.35. The maximum atomic E-state index is 13.8. The maximum absolute atomic E-state index is 13.8. The highest BCUT2D eigenvalue weighted by Crippen LogP contribution is 2.33. The maximum Gasteiger partial charge on any atom is 0.128 e. The highest BCUT2D eigenvalue weighted by Gasteiger charge is 2.18. The number of hydrogen-bond acceptors (Lipinski definition) is 2. The smallest absolute Gasteiger partial charge is 0.128 e. The minimum atomic E-state index is -0.128. The summed E-state index contributed by atoms with van der Waals surface area (Å²) >= 11 is 0. The average Bonchev–Trinajstić information content (AvgIpc) is 2.43. The van der Waals surface area contributed by atoms with Crippen molar-refractivity contribution >= 4 is 11.4 Å². The molecule has 1 aliphatic heterocycles. The molecule has 2 aromatic rings. The Balaban J connectivity index is 1.94. The lowest BCUT2D eigenvalue weighted by molar-refractivity contribution is 0.604. The molecule has 1 heterocycles. The van der Waals surface area contributed by atoms with Crippen molar-refractivity contribution in [2.24, 2.45) is 0 Å². The summed E-state index contributed by atoms with van der Waals surface area (Å²) in [5, 5.41) is 3.43. The van der Waals surface area contributed by atoms with Gasteiger partial charge < -0.3 is 10.2 Å². The molecule has 0 amide bonds. The van der Waals surface area contributed by atoms with Crippen LogP contribution < -0.4 is 10.2 Å². The Morgan fingerprint density at radius 2 is 1.90 bits per heavy atom. The van der Waals surface area contributed by atoms with Crippen LogP contribution in [0.15, 0.2) is 36.4 Å². The number of nitrogens with one attached hydrogen (secondary N) is 1. The van der Waals surface area contributed by atoms with E-state index in [4.69, 9.17) is 0 Å². The Morgan fingerprint density at radius 3 is 2.70 bits per heavy atom. The molecule has 0 aliphatic carbocycles. The summed E-state index contributed by atoms with van der Waals surface area (Å²) in [5.41, 5.74) is 5.62. The van der Waals surface area contributed by atoms with Crippen molar-refractivity contribution in [1.82, 2.24) is 0 Å². The predicted octanol–water partition coefficient (Wildman–Crippen LogP) is 3.87. The lowest BCUT2D eigenvalue weighted by atomic mass is 10.0. The summed E-state index contributed by atoms with van der Waals surface area (Å²) in [5.74, 6) is -0.128. The van der Waals surface area contributed by atoms with Crippen molar-refractivity contribution in [1.29, 1.82) is 0 Å². The Bertz CT molecular complexity index is 637. The van der Waals surface area contributed by atoms with Gasteiger partial charge in [0, 0.05) is 25.2 Å². The van der Waals surface area contributed by atoms with Crippen molar-refractivity contribution in [3.8, 4) is 0 Å². The molecule has 2 aromatic carbocycles. The van der Waals surface area contributed by atoms with Crippen molar-refractivity contribution in [2.45, 2.75) is 20.4 Å². The Hall–Kier alpha value is -2.03. The highest BCUT2D eigenvalue weighted by molar-refractivity contribution is 5.74. The Labute approximate surface area is 119 Å². The normalized spacial score (nSPS) is 13.8. The quantitative estimate of drug-likeness (QED) is 0.891. The van der Waals surface area contributed by atoms with Gasteiger partial charge in [-0.1, -0.05) is 18.2 Å². The van der Waals surface area contributed by atoms with Crippen LogP contribution in [0, 0.1) is 19.7 Å². The van der Waals surface area contributed by atoms with E-state index >= 15 is 0 Å². The minimum Gasteiger partial charge on any atom is -0.382 e. The zero-order chi connectivity index (χ0) is 14.1. The van der Waals surface area contributed by atoms with Crippen LogP contribution in [-0.2, 0) is 6.54 Å². The van der Waals surface area contributed by atoms with Gasteiger partial charge in [-0.3, -0.25) is 0 Å². The minimum absolute atomic E-state index is 0.128. The molecule has 104 valence electrons. The monoisotopic (exact) mass is 270 g/mol. The van der Waals surface area contributed by atoms with E-state index in [1.807, 2.05) is 12.1 Å². The zero-order valence-corrected chi connectivity index (χ0v) is 11.9. The highest BCUT2D eigenvalue weighted by atomic mass is 19.1. The van der Waals surface area contributed by atoms with Crippen molar-refractivity contribution in [3.05, 3.63) is 58.9 Å². The standard InChI is InChI=1S/C17H19FN2/c1-12-9-16-17(10-13(12)2)20(8-7-19-16)11-14-5-3-4-6-15(14)18/h3-6,9-10,19H,7-8,11H2,1-2H3. The van der Waals surface area contributed by atoms with Gasteiger partial charge in [0.15, 0.2) is 0 Å². The van der Waals surface area contributed by atoms with Crippen LogP contribution in [0.1, 0.15) is 16.7 Å². The SMILES string of the molecule is Cc1cc2c(cc1C)N(Cc1ccccc1F)CCN2. The first-order chi connectivity index (χ1) is 9.65. The Morgan fingerprint density at radius 1 is 1.15 bits per heavy atom. The number of nitrogens with zero attached hydrogens (tertiary/aromatic N) is 1. The van der Waals surface area contributed by atoms with Crippen LogP contribution in [0.25, 0.3) is 0 Å². The molecule has 0 bridgehead atoms. The van der Waals surface area contributed by atoms with Crippen LogP contribution in [0.4, 0.5) is 15.8 Å². The molecular formula is C17H19FN2. The molecule has 0 fully saturated rings. The predicted molar refractivity (Wildman–Crippen MR) is 81.9 cm³/mol. The first-order valence-corrected chi connectivity index (χ1v) is 6.98. The molecule has 0 atom stereocenters. The van der Waals surface area contributed by atoms with Gasteiger partial charge in [0.2, 0.25) is 0 Å². The number of aryl methyl sites for hydroxylation is 2.